The van der Waals surface area contributed by atoms with Gasteiger partial charge in [-0.15, -0.1) is 10.2 Å². The van der Waals surface area contributed by atoms with Crippen LogP contribution in [0.4, 0.5) is 0 Å². The molecule has 11 heavy (non-hydrogen) atoms. The van der Waals surface area contributed by atoms with Crippen LogP contribution in [0.5, 0.6) is 0 Å². The van der Waals surface area contributed by atoms with Gasteiger partial charge in [0.1, 0.15) is 4.90 Å². The van der Waals surface area contributed by atoms with Crippen molar-refractivity contribution < 1.29 is 8.42 Å². The van der Waals surface area contributed by atoms with Crippen LogP contribution in [0, 0.1) is 0 Å². The summed E-state index contributed by atoms with van der Waals surface area (Å²) in [4.78, 5) is -0.110. The van der Waals surface area contributed by atoms with Gasteiger partial charge in [0, 0.05) is 0 Å². The third kappa shape index (κ3) is 2.02. The van der Waals surface area contributed by atoms with Crippen LogP contribution in [0.15, 0.2) is 11.0 Å². The largest absolute Gasteiger partial charge is 0.227 e. The van der Waals surface area contributed by atoms with Gasteiger partial charge in [-0.05, 0) is 6.07 Å². The van der Waals surface area contributed by atoms with E-state index in [9.17, 15) is 8.42 Å². The smallest absolute Gasteiger partial charge is 0.171 e. The molecule has 0 fully saturated rings. The lowest BCUT2D eigenvalue weighted by molar-refractivity contribution is 0.614. The molecular weight excluding hydrogens is 211 g/mol. The first-order valence-electron chi connectivity index (χ1n) is 2.44. The number of nitrogens with zero attached hydrogens (tertiary/aromatic N) is 2. The summed E-state index contributed by atoms with van der Waals surface area (Å²) in [5, 5.41) is 6.48. The number of halogens is 2. The van der Waals surface area contributed by atoms with Crippen LogP contribution in [0.1, 0.15) is 0 Å². The van der Waals surface area contributed by atoms with E-state index in [1.807, 2.05) is 0 Å². The van der Waals surface area contributed by atoms with Gasteiger partial charge in [-0.25, -0.2) is 8.42 Å². The van der Waals surface area contributed by atoms with Crippen LogP contribution in [0.3, 0.4) is 0 Å². The predicted molar refractivity (Wildman–Crippen MR) is 40.6 cm³/mol. The van der Waals surface area contributed by atoms with Crippen molar-refractivity contribution in [2.75, 3.05) is 0 Å². The molecule has 0 aliphatic rings. The molecule has 0 radical (unpaired) electrons. The van der Waals surface area contributed by atoms with E-state index in [1.165, 1.54) is 0 Å². The van der Waals surface area contributed by atoms with Crippen molar-refractivity contribution in [3.63, 3.8) is 0 Å². The Balaban J connectivity index is 3.35. The van der Waals surface area contributed by atoms with Crippen molar-refractivity contribution in [1.82, 2.24) is 10.2 Å². The van der Waals surface area contributed by atoms with Crippen molar-refractivity contribution in [2.24, 2.45) is 0 Å². The molecule has 1 aromatic heterocycles. The fourth-order valence-corrected chi connectivity index (χ4v) is 1.42. The minimum absolute atomic E-state index is 0.00333. The highest BCUT2D eigenvalue weighted by atomic mass is 35.5. The second kappa shape index (κ2) is 3.34. The summed E-state index contributed by atoms with van der Waals surface area (Å²) < 4.78 is 20.8. The molecule has 0 amide bonds. The number of hydrogen-bond donors (Lipinski definition) is 1. The minimum atomic E-state index is -2.75. The van der Waals surface area contributed by atoms with E-state index in [1.54, 1.807) is 0 Å². The third-order valence-corrected chi connectivity index (χ3v) is 2.23. The van der Waals surface area contributed by atoms with E-state index in [0.717, 1.165) is 6.07 Å². The van der Waals surface area contributed by atoms with Gasteiger partial charge in [-0.1, -0.05) is 23.2 Å². The number of hydrogen-bond acceptors (Lipinski definition) is 4. The van der Waals surface area contributed by atoms with Crippen molar-refractivity contribution >= 4 is 33.9 Å². The quantitative estimate of drug-likeness (QED) is 0.699. The molecule has 4 nitrogen and oxygen atoms in total. The molecule has 0 unspecified atom stereocenters. The maximum Gasteiger partial charge on any atom is 0.171 e. The van der Waals surface area contributed by atoms with Gasteiger partial charge in [0.2, 0.25) is 0 Å². The van der Waals surface area contributed by atoms with Crippen LogP contribution in [-0.2, 0) is 10.7 Å². The average molecular weight is 213 g/mol. The fraction of sp³-hybridized carbons (Fsp3) is 0. The number of rotatable bonds is 1. The molecule has 0 bridgehead atoms. The first kappa shape index (κ1) is 8.70. The Morgan fingerprint density at radius 2 is 1.91 bits per heavy atom. The summed E-state index contributed by atoms with van der Waals surface area (Å²) in [6, 6.07) is 1.14. The first-order chi connectivity index (χ1) is 5.11. The Morgan fingerprint density at radius 3 is 2.36 bits per heavy atom. The van der Waals surface area contributed by atoms with E-state index < -0.39 is 10.7 Å². The Morgan fingerprint density at radius 1 is 1.27 bits per heavy atom. The Hall–Kier alpha value is -0.390. The summed E-state index contributed by atoms with van der Waals surface area (Å²) >= 11 is 10.7. The molecule has 0 spiro atoms. The summed E-state index contributed by atoms with van der Waals surface area (Å²) in [7, 11) is -2.75. The summed E-state index contributed by atoms with van der Waals surface area (Å²) in [6.45, 7) is 0. The van der Waals surface area contributed by atoms with Crippen LogP contribution in [0.2, 0.25) is 10.3 Å². The zero-order valence-corrected chi connectivity index (χ0v) is 7.40. The lowest BCUT2D eigenvalue weighted by Gasteiger charge is -1.92. The Bertz CT molecular complexity index is 344. The third-order valence-electron chi connectivity index (χ3n) is 0.897. The first-order valence-corrected chi connectivity index (χ1v) is 4.37. The van der Waals surface area contributed by atoms with Crippen LogP contribution >= 0.6 is 23.2 Å². The highest BCUT2D eigenvalue weighted by molar-refractivity contribution is 7.72. The molecule has 0 aliphatic carbocycles. The summed E-state index contributed by atoms with van der Waals surface area (Å²) in [5.41, 5.74) is 0. The lowest BCUT2D eigenvalue weighted by atomic mass is 10.6. The summed E-state index contributed by atoms with van der Waals surface area (Å²) in [6.07, 6.45) is 0. The van der Waals surface area contributed by atoms with E-state index in [4.69, 9.17) is 23.2 Å². The van der Waals surface area contributed by atoms with Gasteiger partial charge in [-0.2, -0.15) is 0 Å². The van der Waals surface area contributed by atoms with Crippen molar-refractivity contribution in [3.05, 3.63) is 16.4 Å². The van der Waals surface area contributed by atoms with E-state index in [2.05, 4.69) is 10.2 Å². The zero-order valence-electron chi connectivity index (χ0n) is 4.99. The predicted octanol–water partition coefficient (Wildman–Crippen LogP) is 0.754. The van der Waals surface area contributed by atoms with Crippen molar-refractivity contribution in [2.45, 2.75) is 4.90 Å². The Labute approximate surface area is 74.1 Å². The van der Waals surface area contributed by atoms with Crippen LogP contribution < -0.4 is 0 Å². The Kier molecular flexibility index (Phi) is 2.64. The molecular formula is C4H2Cl2N2O2S. The number of thiol groups is 1. The minimum Gasteiger partial charge on any atom is -0.227 e. The zero-order chi connectivity index (χ0) is 8.43. The van der Waals surface area contributed by atoms with Crippen LogP contribution in [-0.4, -0.2) is 18.6 Å². The number of aromatic nitrogens is 2. The van der Waals surface area contributed by atoms with Crippen molar-refractivity contribution in [3.8, 4) is 0 Å². The van der Waals surface area contributed by atoms with Gasteiger partial charge in [0.15, 0.2) is 21.0 Å². The molecule has 0 aliphatic heterocycles. The highest BCUT2D eigenvalue weighted by Crippen LogP contribution is 2.15. The molecule has 0 aromatic carbocycles. The van der Waals surface area contributed by atoms with E-state index in [0.29, 0.717) is 0 Å². The standard InChI is InChI=1S/C4H2Cl2N2O2S/c5-3-1-2(11(9)10)4(6)8-7-3/h1,11H. The van der Waals surface area contributed by atoms with E-state index >= 15 is 0 Å². The van der Waals surface area contributed by atoms with E-state index in [-0.39, 0.29) is 15.2 Å². The van der Waals surface area contributed by atoms with Crippen molar-refractivity contribution in [1.29, 1.82) is 0 Å². The lowest BCUT2D eigenvalue weighted by Crippen LogP contribution is -1.89. The molecule has 1 aromatic rings. The molecule has 7 heteroatoms. The van der Waals surface area contributed by atoms with Gasteiger partial charge in [-0.3, -0.25) is 0 Å². The maximum atomic E-state index is 10.4. The molecule has 1 heterocycles. The second-order valence-electron chi connectivity index (χ2n) is 1.60. The molecule has 1 rings (SSSR count). The topological polar surface area (TPSA) is 59.9 Å². The molecule has 0 saturated carbocycles. The van der Waals surface area contributed by atoms with Gasteiger partial charge in [0.25, 0.3) is 0 Å². The molecule has 60 valence electrons. The fourth-order valence-electron chi connectivity index (χ4n) is 0.472. The highest BCUT2D eigenvalue weighted by Gasteiger charge is 2.05. The summed E-state index contributed by atoms with van der Waals surface area (Å²) in [5.74, 6) is 0. The van der Waals surface area contributed by atoms with Crippen LogP contribution in [0.25, 0.3) is 0 Å². The monoisotopic (exact) mass is 212 g/mol. The molecule has 0 atom stereocenters. The molecule has 0 saturated heterocycles. The second-order valence-corrected chi connectivity index (χ2v) is 3.34. The average Bonchev–Trinajstić information content (AvgIpc) is 1.94. The van der Waals surface area contributed by atoms with Gasteiger partial charge >= 0.3 is 0 Å². The van der Waals surface area contributed by atoms with Gasteiger partial charge in [0.05, 0.1) is 0 Å². The maximum absolute atomic E-state index is 10.4. The molecule has 0 N–H and O–H groups in total. The normalized spacial score (nSPS) is 10.5. The van der Waals surface area contributed by atoms with Gasteiger partial charge < -0.3 is 0 Å². The SMILES string of the molecule is O=[SH](=O)c1cc(Cl)nnc1Cl.